The van der Waals surface area contributed by atoms with Gasteiger partial charge in [0.2, 0.25) is 0 Å². The predicted octanol–water partition coefficient (Wildman–Crippen LogP) is 4.52. The average Bonchev–Trinajstić information content (AvgIpc) is 2.87. The molecule has 0 N–H and O–H groups in total. The van der Waals surface area contributed by atoms with Crippen LogP contribution in [0.3, 0.4) is 0 Å². The minimum absolute atomic E-state index is 0.209. The first-order chi connectivity index (χ1) is 9.77. The normalized spacial score (nSPS) is 38.8. The van der Waals surface area contributed by atoms with Gasteiger partial charge < -0.3 is 9.47 Å². The first-order valence-electron chi connectivity index (χ1n) is 8.46. The van der Waals surface area contributed by atoms with Crippen molar-refractivity contribution in [3.05, 3.63) is 0 Å². The fourth-order valence-electron chi connectivity index (χ4n) is 4.62. The van der Waals surface area contributed by atoms with Crippen molar-refractivity contribution >= 4 is 0 Å². The van der Waals surface area contributed by atoms with Crippen LogP contribution in [0.1, 0.15) is 66.7 Å². The Kier molecular flexibility index (Phi) is 5.00. The Morgan fingerprint density at radius 1 is 1.29 bits per heavy atom. The van der Waals surface area contributed by atoms with E-state index in [4.69, 9.17) is 14.7 Å². The van der Waals surface area contributed by atoms with Crippen LogP contribution < -0.4 is 0 Å². The van der Waals surface area contributed by atoms with Crippen LogP contribution >= 0.6 is 0 Å². The zero-order chi connectivity index (χ0) is 15.7. The second kappa shape index (κ2) is 6.26. The summed E-state index contributed by atoms with van der Waals surface area (Å²) in [5.41, 5.74) is 0.292. The molecule has 1 heterocycles. The Balaban J connectivity index is 2.06. The van der Waals surface area contributed by atoms with Gasteiger partial charge in [0.25, 0.3) is 0 Å². The smallest absolute Gasteiger partial charge is 0.163 e. The maximum Gasteiger partial charge on any atom is 0.163 e. The topological polar surface area (TPSA) is 42.2 Å². The highest BCUT2D eigenvalue weighted by molar-refractivity contribution is 4.97. The van der Waals surface area contributed by atoms with Gasteiger partial charge in [-0.2, -0.15) is 5.26 Å². The Hall–Kier alpha value is -0.590. The molecule has 0 aromatic heterocycles. The summed E-state index contributed by atoms with van der Waals surface area (Å²) in [4.78, 5) is 0. The van der Waals surface area contributed by atoms with Crippen LogP contribution in [-0.4, -0.2) is 18.5 Å². The first-order valence-corrected chi connectivity index (χ1v) is 8.46. The summed E-state index contributed by atoms with van der Waals surface area (Å²) in [5, 5.41) is 8.98. The van der Waals surface area contributed by atoms with Gasteiger partial charge in [-0.3, -0.25) is 0 Å². The molecule has 0 aromatic rings. The molecule has 1 aliphatic carbocycles. The SMILES string of the molecule is CC(C)[C@H]1CC[C@](C)(C[C@H]2COC(C)(C)O2)[C@H]1CCC#N. The quantitative estimate of drug-likeness (QED) is 0.748. The van der Waals surface area contributed by atoms with E-state index in [0.29, 0.717) is 30.3 Å². The maximum atomic E-state index is 8.98. The lowest BCUT2D eigenvalue weighted by atomic mass is 9.69. The van der Waals surface area contributed by atoms with Gasteiger partial charge in [-0.05, 0) is 62.7 Å². The standard InChI is InChI=1S/C18H31NO2/c1-13(2)15-8-9-18(5,16(15)7-6-10-19)11-14-12-20-17(3,4)21-14/h13-16H,6-9,11-12H2,1-5H3/t14-,15+,16-,18+/m0/s1. The second-order valence-electron chi connectivity index (χ2n) is 8.06. The molecule has 0 amide bonds. The minimum Gasteiger partial charge on any atom is -0.348 e. The van der Waals surface area contributed by atoms with Crippen LogP contribution in [0.4, 0.5) is 0 Å². The molecule has 1 aliphatic heterocycles. The molecule has 2 rings (SSSR count). The first kappa shape index (κ1) is 16.8. The molecule has 1 saturated heterocycles. The third-order valence-corrected chi connectivity index (χ3v) is 5.65. The van der Waals surface area contributed by atoms with E-state index in [0.717, 1.165) is 18.8 Å². The zero-order valence-electron chi connectivity index (χ0n) is 14.3. The Morgan fingerprint density at radius 2 is 2.00 bits per heavy atom. The molecule has 3 nitrogen and oxygen atoms in total. The number of ether oxygens (including phenoxy) is 2. The monoisotopic (exact) mass is 293 g/mol. The summed E-state index contributed by atoms with van der Waals surface area (Å²) in [5.74, 6) is 1.66. The van der Waals surface area contributed by atoms with Crippen LogP contribution in [0.2, 0.25) is 0 Å². The molecule has 1 saturated carbocycles. The van der Waals surface area contributed by atoms with Crippen molar-refractivity contribution < 1.29 is 9.47 Å². The lowest BCUT2D eigenvalue weighted by Crippen LogP contribution is -2.32. The van der Waals surface area contributed by atoms with Crippen LogP contribution in [0.5, 0.6) is 0 Å². The van der Waals surface area contributed by atoms with Crippen molar-refractivity contribution in [1.29, 1.82) is 5.26 Å². The summed E-state index contributed by atoms with van der Waals surface area (Å²) in [6, 6.07) is 2.34. The van der Waals surface area contributed by atoms with Crippen molar-refractivity contribution in [3.8, 4) is 6.07 Å². The molecule has 4 atom stereocenters. The molecule has 2 fully saturated rings. The fraction of sp³-hybridized carbons (Fsp3) is 0.944. The van der Waals surface area contributed by atoms with E-state index in [1.54, 1.807) is 0 Å². The summed E-state index contributed by atoms with van der Waals surface area (Å²) in [6.07, 6.45) is 5.54. The lowest BCUT2D eigenvalue weighted by molar-refractivity contribution is -0.142. The van der Waals surface area contributed by atoms with E-state index >= 15 is 0 Å². The van der Waals surface area contributed by atoms with E-state index in [2.05, 4.69) is 26.8 Å². The largest absolute Gasteiger partial charge is 0.348 e. The second-order valence-corrected chi connectivity index (χ2v) is 8.06. The van der Waals surface area contributed by atoms with Gasteiger partial charge in [0, 0.05) is 6.42 Å². The maximum absolute atomic E-state index is 8.98. The fourth-order valence-corrected chi connectivity index (χ4v) is 4.62. The molecule has 0 spiro atoms. The summed E-state index contributed by atoms with van der Waals surface area (Å²) >= 11 is 0. The van der Waals surface area contributed by atoms with Crippen LogP contribution in [0, 0.1) is 34.5 Å². The molecule has 0 unspecified atom stereocenters. The highest BCUT2D eigenvalue weighted by Crippen LogP contribution is 2.54. The summed E-state index contributed by atoms with van der Waals surface area (Å²) < 4.78 is 11.8. The van der Waals surface area contributed by atoms with Gasteiger partial charge in [-0.15, -0.1) is 0 Å². The molecular formula is C18H31NO2. The Morgan fingerprint density at radius 3 is 2.52 bits per heavy atom. The van der Waals surface area contributed by atoms with Gasteiger partial charge in [0.05, 0.1) is 18.8 Å². The van der Waals surface area contributed by atoms with E-state index < -0.39 is 5.79 Å². The number of nitriles is 1. The molecule has 0 bridgehead atoms. The van der Waals surface area contributed by atoms with Gasteiger partial charge in [0.1, 0.15) is 0 Å². The lowest BCUT2D eigenvalue weighted by Gasteiger charge is -2.37. The van der Waals surface area contributed by atoms with Crippen LogP contribution in [-0.2, 0) is 9.47 Å². The summed E-state index contributed by atoms with van der Waals surface area (Å²) in [6.45, 7) is 11.8. The molecule has 0 aromatic carbocycles. The molecule has 2 aliphatic rings. The van der Waals surface area contributed by atoms with Crippen molar-refractivity contribution in [2.75, 3.05) is 6.61 Å². The zero-order valence-corrected chi connectivity index (χ0v) is 14.3. The van der Waals surface area contributed by atoms with Crippen molar-refractivity contribution in [2.45, 2.75) is 78.6 Å². The van der Waals surface area contributed by atoms with Crippen molar-refractivity contribution in [3.63, 3.8) is 0 Å². The summed E-state index contributed by atoms with van der Waals surface area (Å²) in [7, 11) is 0. The molecule has 3 heteroatoms. The Bertz CT molecular complexity index is 399. The predicted molar refractivity (Wildman–Crippen MR) is 83.5 cm³/mol. The highest BCUT2D eigenvalue weighted by Gasteiger charge is 2.48. The third-order valence-electron chi connectivity index (χ3n) is 5.65. The van der Waals surface area contributed by atoms with E-state index in [1.165, 1.54) is 12.8 Å². The van der Waals surface area contributed by atoms with E-state index in [1.807, 2.05) is 13.8 Å². The van der Waals surface area contributed by atoms with Crippen LogP contribution in [0.15, 0.2) is 0 Å². The van der Waals surface area contributed by atoms with E-state index in [9.17, 15) is 0 Å². The van der Waals surface area contributed by atoms with Crippen LogP contribution in [0.25, 0.3) is 0 Å². The van der Waals surface area contributed by atoms with Gasteiger partial charge in [0.15, 0.2) is 5.79 Å². The third kappa shape index (κ3) is 3.79. The molecule has 21 heavy (non-hydrogen) atoms. The van der Waals surface area contributed by atoms with Crippen molar-refractivity contribution in [1.82, 2.24) is 0 Å². The number of rotatable bonds is 5. The number of hydrogen-bond acceptors (Lipinski definition) is 3. The van der Waals surface area contributed by atoms with E-state index in [-0.39, 0.29) is 6.10 Å². The molecular weight excluding hydrogens is 262 g/mol. The van der Waals surface area contributed by atoms with Crippen molar-refractivity contribution in [2.24, 2.45) is 23.2 Å². The van der Waals surface area contributed by atoms with Gasteiger partial charge in [-0.25, -0.2) is 0 Å². The van der Waals surface area contributed by atoms with Gasteiger partial charge >= 0.3 is 0 Å². The highest BCUT2D eigenvalue weighted by atomic mass is 16.7. The Labute approximate surface area is 130 Å². The molecule has 120 valence electrons. The number of nitrogens with zero attached hydrogens (tertiary/aromatic N) is 1. The van der Waals surface area contributed by atoms with Gasteiger partial charge in [-0.1, -0.05) is 20.8 Å². The molecule has 0 radical (unpaired) electrons. The minimum atomic E-state index is -0.431. The average molecular weight is 293 g/mol. The number of hydrogen-bond donors (Lipinski definition) is 0.